The minimum absolute atomic E-state index is 0.683. The van der Waals surface area contributed by atoms with Crippen molar-refractivity contribution in [1.82, 2.24) is 5.32 Å². The average molecular weight is 291 g/mol. The second-order valence-electron chi connectivity index (χ2n) is 5.54. The summed E-state index contributed by atoms with van der Waals surface area (Å²) in [7, 11) is 0. The molecular weight excluding hydrogens is 262 g/mol. The first-order valence-corrected chi connectivity index (χ1v) is 7.83. The summed E-state index contributed by atoms with van der Waals surface area (Å²) in [5, 5.41) is 3.36. The van der Waals surface area contributed by atoms with E-state index < -0.39 is 0 Å². The molecule has 0 amide bonds. The molecule has 0 bridgehead atoms. The lowest BCUT2D eigenvalue weighted by molar-refractivity contribution is 0.140. The first-order valence-electron chi connectivity index (χ1n) is 7.83. The van der Waals surface area contributed by atoms with E-state index in [4.69, 9.17) is 9.47 Å². The smallest absolute Gasteiger partial charge is 0.119 e. The standard InChI is InChI=1S/C18H29NO2/c1-4-5-12-20-14-11-19-15-17-6-8-18(9-7-17)21-13-10-16(2)3/h4,6-9,16,19H,1,5,10-15H2,2-3H3. The van der Waals surface area contributed by atoms with E-state index in [0.29, 0.717) is 5.92 Å². The van der Waals surface area contributed by atoms with Crippen molar-refractivity contribution < 1.29 is 9.47 Å². The van der Waals surface area contributed by atoms with E-state index in [1.807, 2.05) is 18.2 Å². The van der Waals surface area contributed by atoms with Crippen molar-refractivity contribution in [1.29, 1.82) is 0 Å². The minimum Gasteiger partial charge on any atom is -0.494 e. The van der Waals surface area contributed by atoms with E-state index in [1.54, 1.807) is 0 Å². The maximum Gasteiger partial charge on any atom is 0.119 e. The highest BCUT2D eigenvalue weighted by Crippen LogP contribution is 2.13. The number of hydrogen-bond donors (Lipinski definition) is 1. The van der Waals surface area contributed by atoms with Crippen molar-refractivity contribution >= 4 is 0 Å². The molecule has 0 aliphatic carbocycles. The monoisotopic (exact) mass is 291 g/mol. The van der Waals surface area contributed by atoms with Crippen LogP contribution in [0.25, 0.3) is 0 Å². The van der Waals surface area contributed by atoms with Crippen LogP contribution in [0, 0.1) is 5.92 Å². The predicted octanol–water partition coefficient (Wildman–Crippen LogP) is 3.79. The molecule has 1 aromatic rings. The van der Waals surface area contributed by atoms with Crippen LogP contribution in [0.3, 0.4) is 0 Å². The SMILES string of the molecule is C=CCCOCCNCc1ccc(OCCC(C)C)cc1. The van der Waals surface area contributed by atoms with Gasteiger partial charge in [-0.25, -0.2) is 0 Å². The Hall–Kier alpha value is -1.32. The van der Waals surface area contributed by atoms with Gasteiger partial charge in [-0.2, -0.15) is 0 Å². The van der Waals surface area contributed by atoms with Gasteiger partial charge in [-0.1, -0.05) is 32.1 Å². The fourth-order valence-electron chi connectivity index (χ4n) is 1.76. The van der Waals surface area contributed by atoms with Gasteiger partial charge in [-0.05, 0) is 36.5 Å². The molecular formula is C18H29NO2. The molecule has 0 aliphatic rings. The molecule has 0 spiro atoms. The van der Waals surface area contributed by atoms with Crippen LogP contribution in [0.15, 0.2) is 36.9 Å². The Labute approximate surface area is 129 Å². The molecule has 118 valence electrons. The zero-order chi connectivity index (χ0) is 15.3. The van der Waals surface area contributed by atoms with Crippen LogP contribution in [0.5, 0.6) is 5.75 Å². The summed E-state index contributed by atoms with van der Waals surface area (Å²) in [4.78, 5) is 0. The Balaban J connectivity index is 2.11. The Kier molecular flexibility index (Phi) is 9.58. The zero-order valence-electron chi connectivity index (χ0n) is 13.4. The van der Waals surface area contributed by atoms with Crippen molar-refractivity contribution in [2.75, 3.05) is 26.4 Å². The lowest BCUT2D eigenvalue weighted by atomic mass is 10.1. The van der Waals surface area contributed by atoms with E-state index in [1.165, 1.54) is 5.56 Å². The van der Waals surface area contributed by atoms with E-state index in [-0.39, 0.29) is 0 Å². The summed E-state index contributed by atoms with van der Waals surface area (Å²) >= 11 is 0. The minimum atomic E-state index is 0.683. The molecule has 0 radical (unpaired) electrons. The summed E-state index contributed by atoms with van der Waals surface area (Å²) in [6, 6.07) is 8.29. The van der Waals surface area contributed by atoms with Crippen LogP contribution in [-0.4, -0.2) is 26.4 Å². The summed E-state index contributed by atoms with van der Waals surface area (Å²) in [6.07, 6.45) is 3.88. The molecule has 0 aliphatic heterocycles. The largest absolute Gasteiger partial charge is 0.494 e. The van der Waals surface area contributed by atoms with Crippen molar-refractivity contribution in [3.05, 3.63) is 42.5 Å². The molecule has 0 fully saturated rings. The van der Waals surface area contributed by atoms with Crippen molar-refractivity contribution in [3.8, 4) is 5.75 Å². The zero-order valence-corrected chi connectivity index (χ0v) is 13.4. The number of ether oxygens (including phenoxy) is 2. The Morgan fingerprint density at radius 2 is 1.90 bits per heavy atom. The van der Waals surface area contributed by atoms with Crippen LogP contribution in [0.4, 0.5) is 0 Å². The summed E-state index contributed by atoms with van der Waals surface area (Å²) < 4.78 is 11.1. The molecule has 3 heteroatoms. The van der Waals surface area contributed by atoms with Crippen molar-refractivity contribution in [3.63, 3.8) is 0 Å². The van der Waals surface area contributed by atoms with Gasteiger partial charge in [-0.15, -0.1) is 6.58 Å². The molecule has 0 aromatic heterocycles. The van der Waals surface area contributed by atoms with Crippen molar-refractivity contribution in [2.45, 2.75) is 33.2 Å². The molecule has 0 saturated carbocycles. The van der Waals surface area contributed by atoms with Crippen LogP contribution < -0.4 is 10.1 Å². The van der Waals surface area contributed by atoms with E-state index in [9.17, 15) is 0 Å². The van der Waals surface area contributed by atoms with Gasteiger partial charge in [-0.3, -0.25) is 0 Å². The highest BCUT2D eigenvalue weighted by atomic mass is 16.5. The fraction of sp³-hybridized carbons (Fsp3) is 0.556. The molecule has 0 unspecified atom stereocenters. The van der Waals surface area contributed by atoms with Gasteiger partial charge in [0.1, 0.15) is 5.75 Å². The number of rotatable bonds is 12. The fourth-order valence-corrected chi connectivity index (χ4v) is 1.76. The molecule has 1 rings (SSSR count). The molecule has 0 saturated heterocycles. The van der Waals surface area contributed by atoms with Gasteiger partial charge in [0.15, 0.2) is 0 Å². The molecule has 0 heterocycles. The highest BCUT2D eigenvalue weighted by Gasteiger charge is 1.98. The van der Waals surface area contributed by atoms with Crippen LogP contribution in [0.2, 0.25) is 0 Å². The summed E-state index contributed by atoms with van der Waals surface area (Å²) in [6.45, 7) is 12.1. The number of nitrogens with one attached hydrogen (secondary N) is 1. The normalized spacial score (nSPS) is 10.8. The maximum absolute atomic E-state index is 5.70. The lowest BCUT2D eigenvalue weighted by Gasteiger charge is -2.09. The van der Waals surface area contributed by atoms with Crippen molar-refractivity contribution in [2.24, 2.45) is 5.92 Å². The molecule has 3 nitrogen and oxygen atoms in total. The molecule has 0 atom stereocenters. The van der Waals surface area contributed by atoms with Gasteiger partial charge >= 0.3 is 0 Å². The third kappa shape index (κ3) is 9.27. The second kappa shape index (κ2) is 11.4. The first-order chi connectivity index (χ1) is 10.2. The Bertz CT molecular complexity index is 373. The summed E-state index contributed by atoms with van der Waals surface area (Å²) in [5.74, 6) is 1.63. The van der Waals surface area contributed by atoms with Crippen LogP contribution >= 0.6 is 0 Å². The van der Waals surface area contributed by atoms with E-state index >= 15 is 0 Å². The number of hydrogen-bond acceptors (Lipinski definition) is 3. The maximum atomic E-state index is 5.70. The predicted molar refractivity (Wildman–Crippen MR) is 88.7 cm³/mol. The lowest BCUT2D eigenvalue weighted by Crippen LogP contribution is -2.19. The molecule has 1 aromatic carbocycles. The Morgan fingerprint density at radius 1 is 1.14 bits per heavy atom. The number of benzene rings is 1. The average Bonchev–Trinajstić information content (AvgIpc) is 2.47. The van der Waals surface area contributed by atoms with E-state index in [0.717, 1.165) is 51.5 Å². The quantitative estimate of drug-likeness (QED) is 0.469. The van der Waals surface area contributed by atoms with Gasteiger partial charge < -0.3 is 14.8 Å². The topological polar surface area (TPSA) is 30.5 Å². The highest BCUT2D eigenvalue weighted by molar-refractivity contribution is 5.27. The molecule has 1 N–H and O–H groups in total. The summed E-state index contributed by atoms with van der Waals surface area (Å²) in [5.41, 5.74) is 1.26. The second-order valence-corrected chi connectivity index (χ2v) is 5.54. The van der Waals surface area contributed by atoms with Gasteiger partial charge in [0.05, 0.1) is 19.8 Å². The van der Waals surface area contributed by atoms with Gasteiger partial charge in [0.25, 0.3) is 0 Å². The van der Waals surface area contributed by atoms with Crippen LogP contribution in [-0.2, 0) is 11.3 Å². The molecule has 21 heavy (non-hydrogen) atoms. The van der Waals surface area contributed by atoms with Crippen LogP contribution in [0.1, 0.15) is 32.3 Å². The third-order valence-corrected chi connectivity index (χ3v) is 3.11. The van der Waals surface area contributed by atoms with Gasteiger partial charge in [0.2, 0.25) is 0 Å². The van der Waals surface area contributed by atoms with Gasteiger partial charge in [0, 0.05) is 13.1 Å². The third-order valence-electron chi connectivity index (χ3n) is 3.11. The first kappa shape index (κ1) is 17.7. The van der Waals surface area contributed by atoms with E-state index in [2.05, 4.69) is 37.9 Å². The Morgan fingerprint density at radius 3 is 2.57 bits per heavy atom.